The lowest BCUT2D eigenvalue weighted by molar-refractivity contribution is 0.251. The van der Waals surface area contributed by atoms with Crippen molar-refractivity contribution in [3.63, 3.8) is 0 Å². The Morgan fingerprint density at radius 2 is 2.14 bits per heavy atom. The van der Waals surface area contributed by atoms with Gasteiger partial charge in [-0.2, -0.15) is 0 Å². The van der Waals surface area contributed by atoms with Crippen molar-refractivity contribution in [2.75, 3.05) is 19.7 Å². The quantitative estimate of drug-likeness (QED) is 0.458. The number of hydrogen-bond donors (Lipinski definition) is 3. The minimum absolute atomic E-state index is 0.253. The van der Waals surface area contributed by atoms with Gasteiger partial charge in [0, 0.05) is 24.6 Å². The molecular weight excluding hydrogens is 350 g/mol. The van der Waals surface area contributed by atoms with Crippen molar-refractivity contribution in [1.82, 2.24) is 10.6 Å². The molecule has 1 aromatic rings. The van der Waals surface area contributed by atoms with Crippen molar-refractivity contribution in [2.45, 2.75) is 39.7 Å². The summed E-state index contributed by atoms with van der Waals surface area (Å²) in [5.74, 6) is 1.35. The Bertz CT molecular complexity index is 417. The van der Waals surface area contributed by atoms with Crippen molar-refractivity contribution < 1.29 is 5.11 Å². The number of thiophene rings is 1. The third-order valence-corrected chi connectivity index (χ3v) is 4.77. The first-order valence-electron chi connectivity index (χ1n) is 7.56. The molecule has 0 aliphatic heterocycles. The second-order valence-electron chi connectivity index (χ2n) is 4.95. The van der Waals surface area contributed by atoms with Crippen molar-refractivity contribution in [2.24, 2.45) is 10.9 Å². The first kappa shape index (κ1) is 18.5. The smallest absolute Gasteiger partial charge is 0.191 e. The van der Waals surface area contributed by atoms with Crippen LogP contribution in [0.5, 0.6) is 0 Å². The molecular formula is C15H26BrN3OS. The predicted molar refractivity (Wildman–Crippen MR) is 94.9 cm³/mol. The Labute approximate surface area is 140 Å². The zero-order valence-corrected chi connectivity index (χ0v) is 15.3. The van der Waals surface area contributed by atoms with Crippen LogP contribution in [0.1, 0.15) is 38.0 Å². The minimum atomic E-state index is 0.253. The lowest BCUT2D eigenvalue weighted by Crippen LogP contribution is -2.40. The molecule has 1 atom stereocenters. The zero-order valence-electron chi connectivity index (χ0n) is 12.9. The molecule has 0 aliphatic rings. The number of aliphatic imine (C=N–C) groups is 1. The maximum Gasteiger partial charge on any atom is 0.191 e. The van der Waals surface area contributed by atoms with Gasteiger partial charge in [0.1, 0.15) is 0 Å². The number of aliphatic hydroxyl groups excluding tert-OH is 1. The van der Waals surface area contributed by atoms with E-state index in [2.05, 4.69) is 51.5 Å². The van der Waals surface area contributed by atoms with Crippen LogP contribution in [0.4, 0.5) is 0 Å². The lowest BCUT2D eigenvalue weighted by Gasteiger charge is -2.18. The van der Waals surface area contributed by atoms with Gasteiger partial charge in [-0.3, -0.25) is 0 Å². The molecule has 0 radical (unpaired) electrons. The summed E-state index contributed by atoms with van der Waals surface area (Å²) in [7, 11) is 0. The van der Waals surface area contributed by atoms with E-state index in [0.717, 1.165) is 42.1 Å². The normalized spacial score (nSPS) is 13.2. The van der Waals surface area contributed by atoms with Crippen LogP contribution in [0.15, 0.2) is 20.9 Å². The highest BCUT2D eigenvalue weighted by Gasteiger charge is 2.08. The molecule has 0 fully saturated rings. The number of nitrogens with one attached hydrogen (secondary N) is 2. The van der Waals surface area contributed by atoms with Crippen molar-refractivity contribution in [3.05, 3.63) is 20.8 Å². The molecule has 4 nitrogen and oxygen atoms in total. The summed E-state index contributed by atoms with van der Waals surface area (Å²) >= 11 is 5.18. The third-order valence-electron chi connectivity index (χ3n) is 3.16. The third kappa shape index (κ3) is 7.83. The molecule has 3 N–H and O–H groups in total. The van der Waals surface area contributed by atoms with E-state index in [1.54, 1.807) is 11.3 Å². The van der Waals surface area contributed by atoms with Crippen molar-refractivity contribution in [1.29, 1.82) is 0 Å². The van der Waals surface area contributed by atoms with Gasteiger partial charge in [-0.15, -0.1) is 11.3 Å². The molecule has 1 rings (SSSR count). The van der Waals surface area contributed by atoms with Crippen LogP contribution in [-0.4, -0.2) is 30.8 Å². The lowest BCUT2D eigenvalue weighted by atomic mass is 10.0. The molecule has 1 aromatic heterocycles. The fourth-order valence-electron chi connectivity index (χ4n) is 2.12. The van der Waals surface area contributed by atoms with Gasteiger partial charge in [0.2, 0.25) is 0 Å². The fraction of sp³-hybridized carbons (Fsp3) is 0.667. The predicted octanol–water partition coefficient (Wildman–Crippen LogP) is 3.36. The van der Waals surface area contributed by atoms with E-state index in [1.165, 1.54) is 4.88 Å². The molecule has 0 saturated carbocycles. The van der Waals surface area contributed by atoms with E-state index in [9.17, 15) is 0 Å². The first-order valence-corrected chi connectivity index (χ1v) is 9.17. The van der Waals surface area contributed by atoms with Crippen LogP contribution >= 0.6 is 27.3 Å². The molecule has 0 spiro atoms. The van der Waals surface area contributed by atoms with Crippen molar-refractivity contribution in [3.8, 4) is 0 Å². The number of hydrogen-bond acceptors (Lipinski definition) is 3. The summed E-state index contributed by atoms with van der Waals surface area (Å²) in [5.41, 5.74) is 0. The average Bonchev–Trinajstić information content (AvgIpc) is 2.88. The van der Waals surface area contributed by atoms with Gasteiger partial charge >= 0.3 is 0 Å². The van der Waals surface area contributed by atoms with Crippen molar-refractivity contribution >= 4 is 33.2 Å². The standard InChI is InChI=1S/C15H26BrN3OS/c1-3-5-12(8-9-20)10-18-15(17-4-2)19-11-13-6-7-14(16)21-13/h6-7,12,20H,3-5,8-11H2,1-2H3,(H2,17,18,19). The highest BCUT2D eigenvalue weighted by atomic mass is 79.9. The van der Waals surface area contributed by atoms with Gasteiger partial charge in [-0.1, -0.05) is 13.3 Å². The minimum Gasteiger partial charge on any atom is -0.396 e. The number of nitrogens with zero attached hydrogens (tertiary/aromatic N) is 1. The Hall–Kier alpha value is -0.590. The molecule has 0 aliphatic carbocycles. The SMILES string of the molecule is CCCC(CCO)CNC(=NCc1ccc(Br)s1)NCC. The van der Waals surface area contributed by atoms with E-state index in [0.29, 0.717) is 12.5 Å². The summed E-state index contributed by atoms with van der Waals surface area (Å²) in [6.07, 6.45) is 3.12. The van der Waals surface area contributed by atoms with E-state index in [4.69, 9.17) is 5.11 Å². The molecule has 6 heteroatoms. The summed E-state index contributed by atoms with van der Waals surface area (Å²) < 4.78 is 1.14. The molecule has 0 bridgehead atoms. The number of rotatable bonds is 9. The van der Waals surface area contributed by atoms with E-state index < -0.39 is 0 Å². The molecule has 21 heavy (non-hydrogen) atoms. The van der Waals surface area contributed by atoms with Crippen LogP contribution in [0.3, 0.4) is 0 Å². The molecule has 1 unspecified atom stereocenters. The monoisotopic (exact) mass is 375 g/mol. The summed E-state index contributed by atoms with van der Waals surface area (Å²) in [5, 5.41) is 15.8. The Morgan fingerprint density at radius 1 is 1.33 bits per heavy atom. The topological polar surface area (TPSA) is 56.6 Å². The number of guanidine groups is 1. The van der Waals surface area contributed by atoms with Crippen LogP contribution in [-0.2, 0) is 6.54 Å². The summed E-state index contributed by atoms with van der Waals surface area (Å²) in [6.45, 7) is 6.88. The van der Waals surface area contributed by atoms with Crippen LogP contribution in [0.2, 0.25) is 0 Å². The Balaban J connectivity index is 2.51. The number of aliphatic hydroxyl groups is 1. The second kappa shape index (κ2) is 11.0. The fourth-order valence-corrected chi connectivity index (χ4v) is 3.52. The highest BCUT2D eigenvalue weighted by molar-refractivity contribution is 9.11. The van der Waals surface area contributed by atoms with Crippen LogP contribution in [0.25, 0.3) is 0 Å². The number of halogens is 1. The van der Waals surface area contributed by atoms with Gasteiger partial charge in [0.05, 0.1) is 10.3 Å². The zero-order chi connectivity index (χ0) is 15.5. The van der Waals surface area contributed by atoms with Gasteiger partial charge in [-0.25, -0.2) is 4.99 Å². The summed E-state index contributed by atoms with van der Waals surface area (Å²) in [4.78, 5) is 5.85. The van der Waals surface area contributed by atoms with E-state index in [-0.39, 0.29) is 6.61 Å². The Morgan fingerprint density at radius 3 is 2.71 bits per heavy atom. The molecule has 0 amide bonds. The maximum atomic E-state index is 9.11. The Kier molecular flexibility index (Phi) is 9.70. The molecule has 1 heterocycles. The molecule has 0 aromatic carbocycles. The van der Waals surface area contributed by atoms with E-state index in [1.807, 2.05) is 6.07 Å². The largest absolute Gasteiger partial charge is 0.396 e. The molecule has 120 valence electrons. The van der Waals surface area contributed by atoms with Crippen LogP contribution in [0, 0.1) is 5.92 Å². The van der Waals surface area contributed by atoms with Gasteiger partial charge in [0.25, 0.3) is 0 Å². The van der Waals surface area contributed by atoms with Gasteiger partial charge < -0.3 is 15.7 Å². The second-order valence-corrected chi connectivity index (χ2v) is 7.50. The average molecular weight is 376 g/mol. The highest BCUT2D eigenvalue weighted by Crippen LogP contribution is 2.22. The van der Waals surface area contributed by atoms with Gasteiger partial charge in [-0.05, 0) is 53.7 Å². The summed E-state index contributed by atoms with van der Waals surface area (Å²) in [6, 6.07) is 4.14. The van der Waals surface area contributed by atoms with E-state index >= 15 is 0 Å². The maximum absolute atomic E-state index is 9.11. The van der Waals surface area contributed by atoms with Crippen LogP contribution < -0.4 is 10.6 Å². The molecule has 0 saturated heterocycles. The first-order chi connectivity index (χ1) is 10.2. The van der Waals surface area contributed by atoms with Gasteiger partial charge in [0.15, 0.2) is 5.96 Å².